The van der Waals surface area contributed by atoms with Crippen LogP contribution in [0.4, 0.5) is 13.2 Å². The number of alkyl halides is 3. The Balaban J connectivity index is 2.01. The Morgan fingerprint density at radius 1 is 1.00 bits per heavy atom. The van der Waals surface area contributed by atoms with Gasteiger partial charge in [-0.1, -0.05) is 30.3 Å². The van der Waals surface area contributed by atoms with E-state index in [0.29, 0.717) is 6.61 Å². The molecule has 1 rings (SSSR count). The molecule has 2 nitrogen and oxygen atoms in total. The highest BCUT2D eigenvalue weighted by molar-refractivity contribution is 5.13. The molecule has 1 aromatic carbocycles. The molecule has 90 valence electrons. The lowest BCUT2D eigenvalue weighted by Crippen LogP contribution is -2.15. The van der Waals surface area contributed by atoms with Crippen LogP contribution in [0.3, 0.4) is 0 Å². The first kappa shape index (κ1) is 13.0. The molecule has 0 unspecified atom stereocenters. The Kier molecular flexibility index (Phi) is 5.28. The largest absolute Gasteiger partial charge is 0.522 e. The second-order valence-corrected chi connectivity index (χ2v) is 3.19. The lowest BCUT2D eigenvalue weighted by atomic mass is 10.2. The molecule has 0 saturated carbocycles. The number of halogens is 3. The first-order chi connectivity index (χ1) is 7.58. The predicted molar refractivity (Wildman–Crippen MR) is 52.7 cm³/mol. The molecule has 0 bridgehead atoms. The molecule has 5 heteroatoms. The zero-order valence-corrected chi connectivity index (χ0v) is 8.67. The molecule has 0 radical (unpaired) electrons. The van der Waals surface area contributed by atoms with Gasteiger partial charge in [0.25, 0.3) is 0 Å². The van der Waals surface area contributed by atoms with Gasteiger partial charge in [-0.2, -0.15) is 0 Å². The van der Waals surface area contributed by atoms with E-state index < -0.39 is 6.36 Å². The fourth-order valence-electron chi connectivity index (χ4n) is 1.11. The Bertz CT molecular complexity index is 285. The van der Waals surface area contributed by atoms with E-state index in [1.165, 1.54) is 0 Å². The minimum Gasteiger partial charge on any atom is -0.377 e. The second kappa shape index (κ2) is 6.50. The minimum absolute atomic E-state index is 0.229. The van der Waals surface area contributed by atoms with Gasteiger partial charge >= 0.3 is 6.36 Å². The SMILES string of the molecule is FC(F)(F)OCCCOCc1ccccc1. The van der Waals surface area contributed by atoms with Crippen LogP contribution < -0.4 is 0 Å². The quantitative estimate of drug-likeness (QED) is 0.704. The summed E-state index contributed by atoms with van der Waals surface area (Å²) in [5.74, 6) is 0. The smallest absolute Gasteiger partial charge is 0.377 e. The van der Waals surface area contributed by atoms with Crippen LogP contribution in [-0.2, 0) is 16.1 Å². The van der Waals surface area contributed by atoms with Gasteiger partial charge in [0.2, 0.25) is 0 Å². The highest BCUT2D eigenvalue weighted by atomic mass is 19.4. The number of hydrogen-bond acceptors (Lipinski definition) is 2. The van der Waals surface area contributed by atoms with Gasteiger partial charge in [0.15, 0.2) is 0 Å². The zero-order valence-electron chi connectivity index (χ0n) is 8.67. The van der Waals surface area contributed by atoms with E-state index in [9.17, 15) is 13.2 Å². The van der Waals surface area contributed by atoms with Gasteiger partial charge in [-0.3, -0.25) is 4.74 Å². The molecule has 0 heterocycles. The molecular weight excluding hydrogens is 221 g/mol. The Hall–Kier alpha value is -1.07. The summed E-state index contributed by atoms with van der Waals surface area (Å²) < 4.78 is 43.5. The van der Waals surface area contributed by atoms with Crippen LogP contribution in [-0.4, -0.2) is 19.6 Å². The van der Waals surface area contributed by atoms with Gasteiger partial charge in [0.1, 0.15) is 0 Å². The summed E-state index contributed by atoms with van der Waals surface area (Å²) in [5, 5.41) is 0. The van der Waals surface area contributed by atoms with Crippen LogP contribution in [0.1, 0.15) is 12.0 Å². The van der Waals surface area contributed by atoms with Gasteiger partial charge in [-0.05, 0) is 12.0 Å². The first-order valence-corrected chi connectivity index (χ1v) is 4.90. The lowest BCUT2D eigenvalue weighted by molar-refractivity contribution is -0.325. The van der Waals surface area contributed by atoms with Crippen LogP contribution in [0.2, 0.25) is 0 Å². The second-order valence-electron chi connectivity index (χ2n) is 3.19. The van der Waals surface area contributed by atoms with E-state index in [4.69, 9.17) is 4.74 Å². The molecule has 0 spiro atoms. The van der Waals surface area contributed by atoms with E-state index >= 15 is 0 Å². The third-order valence-electron chi connectivity index (χ3n) is 1.81. The van der Waals surface area contributed by atoms with Gasteiger partial charge in [0, 0.05) is 6.61 Å². The van der Waals surface area contributed by atoms with E-state index in [1.54, 1.807) is 0 Å². The predicted octanol–water partition coefficient (Wildman–Crippen LogP) is 3.13. The fraction of sp³-hybridized carbons (Fsp3) is 0.455. The summed E-state index contributed by atoms with van der Waals surface area (Å²) >= 11 is 0. The number of benzene rings is 1. The van der Waals surface area contributed by atoms with Crippen LogP contribution >= 0.6 is 0 Å². The van der Waals surface area contributed by atoms with Crippen LogP contribution in [0, 0.1) is 0 Å². The van der Waals surface area contributed by atoms with Crippen molar-refractivity contribution in [2.24, 2.45) is 0 Å². The van der Waals surface area contributed by atoms with Gasteiger partial charge < -0.3 is 4.74 Å². The van der Waals surface area contributed by atoms with Crippen molar-refractivity contribution < 1.29 is 22.6 Å². The molecule has 16 heavy (non-hydrogen) atoms. The number of rotatable bonds is 6. The van der Waals surface area contributed by atoms with Gasteiger partial charge in [0.05, 0.1) is 13.2 Å². The first-order valence-electron chi connectivity index (χ1n) is 4.90. The third-order valence-corrected chi connectivity index (χ3v) is 1.81. The van der Waals surface area contributed by atoms with E-state index in [0.717, 1.165) is 5.56 Å². The maximum Gasteiger partial charge on any atom is 0.522 e. The van der Waals surface area contributed by atoms with E-state index in [2.05, 4.69) is 4.74 Å². The summed E-state index contributed by atoms with van der Waals surface area (Å²) in [4.78, 5) is 0. The highest BCUT2D eigenvalue weighted by Crippen LogP contribution is 2.16. The molecular formula is C11H13F3O2. The summed E-state index contributed by atoms with van der Waals surface area (Å²) in [6.07, 6.45) is -4.31. The van der Waals surface area contributed by atoms with Gasteiger partial charge in [-0.25, -0.2) is 0 Å². The molecule has 0 fully saturated rings. The molecule has 0 N–H and O–H groups in total. The Labute approximate surface area is 92.0 Å². The molecule has 1 aromatic rings. The Morgan fingerprint density at radius 2 is 1.69 bits per heavy atom. The van der Waals surface area contributed by atoms with Crippen molar-refractivity contribution in [3.8, 4) is 0 Å². The van der Waals surface area contributed by atoms with Crippen molar-refractivity contribution in [1.82, 2.24) is 0 Å². The summed E-state index contributed by atoms with van der Waals surface area (Å²) in [5.41, 5.74) is 0.999. The highest BCUT2D eigenvalue weighted by Gasteiger charge is 2.28. The fourth-order valence-corrected chi connectivity index (χ4v) is 1.11. The number of ether oxygens (including phenoxy) is 2. The molecule has 0 amide bonds. The monoisotopic (exact) mass is 234 g/mol. The third kappa shape index (κ3) is 6.42. The molecule has 0 aliphatic heterocycles. The van der Waals surface area contributed by atoms with Gasteiger partial charge in [-0.15, -0.1) is 13.2 Å². The van der Waals surface area contributed by atoms with Crippen LogP contribution in [0.25, 0.3) is 0 Å². The molecule has 0 aromatic heterocycles. The minimum atomic E-state index is -4.54. The molecule has 0 saturated heterocycles. The van der Waals surface area contributed by atoms with Crippen molar-refractivity contribution >= 4 is 0 Å². The molecule has 0 aliphatic rings. The maximum absolute atomic E-state index is 11.6. The Morgan fingerprint density at radius 3 is 2.31 bits per heavy atom. The zero-order chi connectivity index (χ0) is 11.9. The molecule has 0 atom stereocenters. The topological polar surface area (TPSA) is 18.5 Å². The normalized spacial score (nSPS) is 11.7. The lowest BCUT2D eigenvalue weighted by Gasteiger charge is -2.07. The van der Waals surface area contributed by atoms with Crippen molar-refractivity contribution in [3.63, 3.8) is 0 Å². The summed E-state index contributed by atoms with van der Waals surface area (Å²) in [6, 6.07) is 9.44. The average Bonchev–Trinajstić information content (AvgIpc) is 2.23. The van der Waals surface area contributed by atoms with Crippen molar-refractivity contribution in [2.45, 2.75) is 19.4 Å². The maximum atomic E-state index is 11.6. The number of hydrogen-bond donors (Lipinski definition) is 0. The standard InChI is InChI=1S/C11H13F3O2/c12-11(13,14)16-8-4-7-15-9-10-5-2-1-3-6-10/h1-3,5-6H,4,7-9H2. The van der Waals surface area contributed by atoms with Crippen LogP contribution in [0.5, 0.6) is 0 Å². The van der Waals surface area contributed by atoms with E-state index in [1.807, 2.05) is 30.3 Å². The van der Waals surface area contributed by atoms with Crippen molar-refractivity contribution in [2.75, 3.05) is 13.2 Å². The summed E-state index contributed by atoms with van der Waals surface area (Å²) in [6.45, 7) is 0.302. The molecule has 0 aliphatic carbocycles. The summed E-state index contributed by atoms with van der Waals surface area (Å²) in [7, 11) is 0. The van der Waals surface area contributed by atoms with Crippen LogP contribution in [0.15, 0.2) is 30.3 Å². The van der Waals surface area contributed by atoms with Crippen molar-refractivity contribution in [3.05, 3.63) is 35.9 Å². The average molecular weight is 234 g/mol. The van der Waals surface area contributed by atoms with Crippen molar-refractivity contribution in [1.29, 1.82) is 0 Å². The van der Waals surface area contributed by atoms with E-state index in [-0.39, 0.29) is 19.6 Å².